The summed E-state index contributed by atoms with van der Waals surface area (Å²) in [6, 6.07) is 8.19. The smallest absolute Gasteiger partial charge is 0.236 e. The molecule has 104 valence electrons. The monoisotopic (exact) mass is 269 g/mol. The van der Waals surface area contributed by atoms with Gasteiger partial charge in [-0.2, -0.15) is 0 Å². The Morgan fingerprint density at radius 1 is 1.20 bits per heavy atom. The summed E-state index contributed by atoms with van der Waals surface area (Å²) in [5.74, 6) is 0.204. The molecule has 4 heteroatoms. The number of hydrogen-bond acceptors (Lipinski definition) is 3. The van der Waals surface area contributed by atoms with Crippen molar-refractivity contribution in [2.24, 2.45) is 0 Å². The van der Waals surface area contributed by atoms with E-state index >= 15 is 0 Å². The molecule has 0 aliphatic carbocycles. The van der Waals surface area contributed by atoms with Gasteiger partial charge < -0.3 is 10.2 Å². The molecule has 20 heavy (non-hydrogen) atoms. The first-order valence-electron chi connectivity index (χ1n) is 7.15. The zero-order valence-electron chi connectivity index (χ0n) is 11.5. The molecule has 0 saturated carbocycles. The number of amides is 1. The molecule has 0 unspecified atom stereocenters. The predicted octanol–water partition coefficient (Wildman–Crippen LogP) is 1.95. The molecular weight excluding hydrogens is 250 g/mol. The predicted molar refractivity (Wildman–Crippen MR) is 79.3 cm³/mol. The summed E-state index contributed by atoms with van der Waals surface area (Å²) in [4.78, 5) is 18.1. The van der Waals surface area contributed by atoms with E-state index in [0.717, 1.165) is 36.9 Å². The van der Waals surface area contributed by atoms with Gasteiger partial charge in [-0.3, -0.25) is 9.78 Å². The van der Waals surface area contributed by atoms with Crippen LogP contribution in [0.3, 0.4) is 0 Å². The molecule has 1 amide bonds. The number of rotatable bonds is 4. The van der Waals surface area contributed by atoms with Gasteiger partial charge >= 0.3 is 0 Å². The Balaban J connectivity index is 1.61. The zero-order chi connectivity index (χ0) is 13.8. The van der Waals surface area contributed by atoms with Gasteiger partial charge in [0.2, 0.25) is 5.91 Å². The van der Waals surface area contributed by atoms with Crippen molar-refractivity contribution in [3.05, 3.63) is 42.2 Å². The number of carbonyl (C=O) groups is 1. The van der Waals surface area contributed by atoms with E-state index in [1.807, 2.05) is 29.4 Å². The summed E-state index contributed by atoms with van der Waals surface area (Å²) in [6.07, 6.45) is 6.02. The number of hydrogen-bond donors (Lipinski definition) is 1. The summed E-state index contributed by atoms with van der Waals surface area (Å²) in [5.41, 5.74) is 1.14. The number of nitrogens with zero attached hydrogens (tertiary/aromatic N) is 2. The second-order valence-electron chi connectivity index (χ2n) is 5.21. The second kappa shape index (κ2) is 6.01. The Bertz CT molecular complexity index is 600. The molecule has 1 aromatic carbocycles. The number of pyridine rings is 1. The molecule has 1 fully saturated rings. The van der Waals surface area contributed by atoms with Crippen LogP contribution >= 0.6 is 0 Å². The van der Waals surface area contributed by atoms with Gasteiger partial charge in [-0.05, 0) is 23.8 Å². The van der Waals surface area contributed by atoms with Crippen molar-refractivity contribution in [2.75, 3.05) is 19.6 Å². The number of carbonyl (C=O) groups excluding carboxylic acids is 1. The van der Waals surface area contributed by atoms with E-state index in [4.69, 9.17) is 0 Å². The van der Waals surface area contributed by atoms with Crippen LogP contribution in [0, 0.1) is 0 Å². The molecule has 2 aromatic rings. The average Bonchev–Trinajstić information content (AvgIpc) is 3.02. The lowest BCUT2D eigenvalue weighted by molar-refractivity contribution is -0.129. The van der Waals surface area contributed by atoms with E-state index in [9.17, 15) is 4.79 Å². The topological polar surface area (TPSA) is 45.2 Å². The molecule has 1 N–H and O–H groups in total. The van der Waals surface area contributed by atoms with Gasteiger partial charge in [0, 0.05) is 37.4 Å². The van der Waals surface area contributed by atoms with Crippen molar-refractivity contribution in [3.63, 3.8) is 0 Å². The van der Waals surface area contributed by atoms with Crippen LogP contribution in [0.5, 0.6) is 0 Å². The molecule has 2 heterocycles. The molecule has 0 spiro atoms. The van der Waals surface area contributed by atoms with Crippen LogP contribution in [0.4, 0.5) is 0 Å². The molecule has 1 aliphatic rings. The van der Waals surface area contributed by atoms with Crippen LogP contribution in [0.2, 0.25) is 0 Å². The summed E-state index contributed by atoms with van der Waals surface area (Å²) in [6.45, 7) is 2.91. The third kappa shape index (κ3) is 2.80. The van der Waals surface area contributed by atoms with E-state index in [2.05, 4.69) is 22.4 Å². The molecule has 3 rings (SSSR count). The summed E-state index contributed by atoms with van der Waals surface area (Å²) in [5, 5.41) is 5.57. The Hall–Kier alpha value is -1.94. The molecule has 1 aliphatic heterocycles. The van der Waals surface area contributed by atoms with Crippen molar-refractivity contribution in [1.29, 1.82) is 0 Å². The fourth-order valence-electron chi connectivity index (χ4n) is 2.70. The summed E-state index contributed by atoms with van der Waals surface area (Å²) < 4.78 is 0. The van der Waals surface area contributed by atoms with E-state index in [1.54, 1.807) is 0 Å². The molecule has 4 nitrogen and oxygen atoms in total. The van der Waals surface area contributed by atoms with Crippen molar-refractivity contribution in [3.8, 4) is 0 Å². The van der Waals surface area contributed by atoms with Crippen LogP contribution in [0.25, 0.3) is 10.8 Å². The highest BCUT2D eigenvalue weighted by molar-refractivity contribution is 5.84. The Kier molecular flexibility index (Phi) is 3.92. The largest absolute Gasteiger partial charge is 0.342 e. The highest BCUT2D eigenvalue weighted by atomic mass is 16.2. The van der Waals surface area contributed by atoms with Crippen LogP contribution in [-0.4, -0.2) is 35.4 Å². The van der Waals surface area contributed by atoms with Crippen molar-refractivity contribution >= 4 is 16.7 Å². The molecule has 0 atom stereocenters. The number of fused-ring (bicyclic) bond motifs is 1. The van der Waals surface area contributed by atoms with E-state index in [-0.39, 0.29) is 5.91 Å². The molecular formula is C16H19N3O. The van der Waals surface area contributed by atoms with Crippen molar-refractivity contribution in [2.45, 2.75) is 19.4 Å². The zero-order valence-corrected chi connectivity index (χ0v) is 11.5. The molecule has 1 saturated heterocycles. The van der Waals surface area contributed by atoms with Crippen molar-refractivity contribution < 1.29 is 4.79 Å². The lowest BCUT2D eigenvalue weighted by atomic mass is 10.1. The van der Waals surface area contributed by atoms with Gasteiger partial charge in [0.25, 0.3) is 0 Å². The maximum absolute atomic E-state index is 11.9. The SMILES string of the molecule is O=C(CNCc1cncc2ccccc12)N1CCCC1. The minimum absolute atomic E-state index is 0.204. The quantitative estimate of drug-likeness (QED) is 0.922. The van der Waals surface area contributed by atoms with Gasteiger partial charge in [0.05, 0.1) is 6.54 Å². The minimum atomic E-state index is 0.204. The van der Waals surface area contributed by atoms with E-state index in [0.29, 0.717) is 13.1 Å². The Labute approximate surface area is 118 Å². The number of likely N-dealkylation sites (tertiary alicyclic amines) is 1. The Morgan fingerprint density at radius 3 is 2.85 bits per heavy atom. The number of nitrogens with one attached hydrogen (secondary N) is 1. The van der Waals surface area contributed by atoms with E-state index in [1.165, 1.54) is 5.39 Å². The maximum Gasteiger partial charge on any atom is 0.236 e. The molecule has 0 bridgehead atoms. The third-order valence-electron chi connectivity index (χ3n) is 3.80. The number of aromatic nitrogens is 1. The lowest BCUT2D eigenvalue weighted by Crippen LogP contribution is -2.36. The van der Waals surface area contributed by atoms with E-state index < -0.39 is 0 Å². The summed E-state index contributed by atoms with van der Waals surface area (Å²) >= 11 is 0. The third-order valence-corrected chi connectivity index (χ3v) is 3.80. The fraction of sp³-hybridized carbons (Fsp3) is 0.375. The minimum Gasteiger partial charge on any atom is -0.342 e. The molecule has 1 aromatic heterocycles. The first-order chi connectivity index (χ1) is 9.84. The second-order valence-corrected chi connectivity index (χ2v) is 5.21. The van der Waals surface area contributed by atoms with Gasteiger partial charge in [-0.15, -0.1) is 0 Å². The highest BCUT2D eigenvalue weighted by Gasteiger charge is 2.16. The molecule has 0 radical (unpaired) electrons. The number of benzene rings is 1. The van der Waals surface area contributed by atoms with Crippen LogP contribution < -0.4 is 5.32 Å². The normalized spacial score (nSPS) is 14.9. The lowest BCUT2D eigenvalue weighted by Gasteiger charge is -2.15. The summed E-state index contributed by atoms with van der Waals surface area (Å²) in [7, 11) is 0. The van der Waals surface area contributed by atoms with Gasteiger partial charge in [-0.25, -0.2) is 0 Å². The Morgan fingerprint density at radius 2 is 2.00 bits per heavy atom. The van der Waals surface area contributed by atoms with Crippen molar-refractivity contribution in [1.82, 2.24) is 15.2 Å². The van der Waals surface area contributed by atoms with Crippen LogP contribution in [0.15, 0.2) is 36.7 Å². The standard InChI is InChI=1S/C16H19N3O/c20-16(19-7-3-4-8-19)12-18-11-14-10-17-9-13-5-1-2-6-15(13)14/h1-2,5-6,9-10,18H,3-4,7-8,11-12H2. The average molecular weight is 269 g/mol. The maximum atomic E-state index is 11.9. The van der Waals surface area contributed by atoms with Crippen LogP contribution in [-0.2, 0) is 11.3 Å². The first kappa shape index (κ1) is 13.1. The highest BCUT2D eigenvalue weighted by Crippen LogP contribution is 2.16. The van der Waals surface area contributed by atoms with Gasteiger partial charge in [0.1, 0.15) is 0 Å². The first-order valence-corrected chi connectivity index (χ1v) is 7.15. The fourth-order valence-corrected chi connectivity index (χ4v) is 2.70. The van der Waals surface area contributed by atoms with Crippen LogP contribution in [0.1, 0.15) is 18.4 Å². The van der Waals surface area contributed by atoms with Gasteiger partial charge in [-0.1, -0.05) is 24.3 Å². The van der Waals surface area contributed by atoms with Gasteiger partial charge in [0.15, 0.2) is 0 Å².